The van der Waals surface area contributed by atoms with Crippen molar-refractivity contribution in [3.8, 4) is 16.9 Å². The number of hydrogen-bond acceptors (Lipinski definition) is 10. The first-order valence-corrected chi connectivity index (χ1v) is 10.5. The first kappa shape index (κ1) is 23.8. The van der Waals surface area contributed by atoms with Gasteiger partial charge in [0.2, 0.25) is 6.29 Å². The average molecular weight is 473 g/mol. The monoisotopic (exact) mass is 473 g/mol. The van der Waals surface area contributed by atoms with Gasteiger partial charge in [-0.2, -0.15) is 0 Å². The molecule has 11 nitrogen and oxygen atoms in total. The van der Waals surface area contributed by atoms with Crippen LogP contribution in [0.4, 0.5) is 0 Å². The normalized spacial score (nSPS) is 27.1. The lowest BCUT2D eigenvalue weighted by Gasteiger charge is -2.39. The van der Waals surface area contributed by atoms with Crippen molar-refractivity contribution in [3.05, 3.63) is 54.1 Å². The van der Waals surface area contributed by atoms with E-state index in [1.54, 1.807) is 36.4 Å². The fourth-order valence-corrected chi connectivity index (χ4v) is 3.62. The summed E-state index contributed by atoms with van der Waals surface area (Å²) in [6.07, 6.45) is -6.87. The maximum Gasteiger partial charge on any atom is 0.363 e. The maximum absolute atomic E-state index is 12.2. The summed E-state index contributed by atoms with van der Waals surface area (Å²) in [5, 5.41) is 39.5. The van der Waals surface area contributed by atoms with E-state index in [1.807, 2.05) is 0 Å². The van der Waals surface area contributed by atoms with Gasteiger partial charge in [-0.05, 0) is 35.4 Å². The van der Waals surface area contributed by atoms with E-state index in [0.29, 0.717) is 10.8 Å². The van der Waals surface area contributed by atoms with Gasteiger partial charge in [0, 0.05) is 12.8 Å². The van der Waals surface area contributed by atoms with Crippen LogP contribution < -0.4 is 4.74 Å². The number of rotatable bonds is 6. The van der Waals surface area contributed by atoms with Crippen molar-refractivity contribution in [2.24, 2.45) is 0 Å². The summed E-state index contributed by atoms with van der Waals surface area (Å²) in [6, 6.07) is 13.0. The Morgan fingerprint density at radius 3 is 2.00 bits per heavy atom. The Morgan fingerprint density at radius 2 is 1.44 bits per heavy atom. The molecule has 2 heterocycles. The molecule has 180 valence electrons. The standard InChI is InChI=1S/C23H23NO10/c25-11-16-19(28)20(29)21(30)23(33-16)32-15-7-5-13(6-8-15)12-1-3-14(4-2-12)22(31)34-24-17(26)9-10-18(24)27/h1-8,16,19-21,23,25,28-30H,9-11H2/t16-,19-,20+,21+,23+/m1/s1. The number of nitrogens with zero attached hydrogens (tertiary/aromatic N) is 1. The smallest absolute Gasteiger partial charge is 0.363 e. The van der Waals surface area contributed by atoms with Gasteiger partial charge in [0.1, 0.15) is 30.2 Å². The molecule has 34 heavy (non-hydrogen) atoms. The number of amides is 2. The molecule has 2 saturated heterocycles. The second-order valence-electron chi connectivity index (χ2n) is 7.88. The van der Waals surface area contributed by atoms with E-state index in [-0.39, 0.29) is 18.4 Å². The van der Waals surface area contributed by atoms with Crippen LogP contribution in [0.15, 0.2) is 48.5 Å². The molecule has 0 bridgehead atoms. The third kappa shape index (κ3) is 4.79. The van der Waals surface area contributed by atoms with Gasteiger partial charge in [-0.1, -0.05) is 24.3 Å². The van der Waals surface area contributed by atoms with Crippen molar-refractivity contribution in [2.45, 2.75) is 43.5 Å². The van der Waals surface area contributed by atoms with E-state index in [0.717, 1.165) is 11.1 Å². The molecular weight excluding hydrogens is 450 g/mol. The lowest BCUT2D eigenvalue weighted by atomic mass is 9.99. The fourth-order valence-electron chi connectivity index (χ4n) is 3.62. The molecule has 0 unspecified atom stereocenters. The first-order chi connectivity index (χ1) is 16.3. The minimum absolute atomic E-state index is 0.0150. The van der Waals surface area contributed by atoms with Crippen LogP contribution in [0.2, 0.25) is 0 Å². The van der Waals surface area contributed by atoms with Crippen LogP contribution in [-0.4, -0.2) is 80.6 Å². The molecule has 4 N–H and O–H groups in total. The Hall–Kier alpha value is -3.35. The molecule has 2 aromatic rings. The number of carbonyl (C=O) groups excluding carboxylic acids is 3. The summed E-state index contributed by atoms with van der Waals surface area (Å²) >= 11 is 0. The molecule has 0 spiro atoms. The zero-order chi connectivity index (χ0) is 24.4. The van der Waals surface area contributed by atoms with Gasteiger partial charge in [-0.25, -0.2) is 4.79 Å². The number of hydrogen-bond donors (Lipinski definition) is 4. The molecule has 4 rings (SSSR count). The molecule has 0 aliphatic carbocycles. The summed E-state index contributed by atoms with van der Waals surface area (Å²) in [5.74, 6) is -1.62. The van der Waals surface area contributed by atoms with Crippen LogP contribution in [0.5, 0.6) is 5.75 Å². The van der Waals surface area contributed by atoms with Crippen LogP contribution >= 0.6 is 0 Å². The molecule has 2 fully saturated rings. The van der Waals surface area contributed by atoms with Gasteiger partial charge >= 0.3 is 5.97 Å². The summed E-state index contributed by atoms with van der Waals surface area (Å²) in [4.78, 5) is 40.3. The third-order valence-corrected chi connectivity index (χ3v) is 5.59. The number of aliphatic hydroxyl groups is 4. The molecule has 2 aromatic carbocycles. The summed E-state index contributed by atoms with van der Waals surface area (Å²) in [5.41, 5.74) is 1.69. The zero-order valence-corrected chi connectivity index (χ0v) is 17.8. The fraction of sp³-hybridized carbons (Fsp3) is 0.348. The largest absolute Gasteiger partial charge is 0.462 e. The van der Waals surface area contributed by atoms with E-state index in [9.17, 15) is 34.8 Å². The van der Waals surface area contributed by atoms with Crippen molar-refractivity contribution in [2.75, 3.05) is 6.61 Å². The quantitative estimate of drug-likeness (QED) is 0.412. The van der Waals surface area contributed by atoms with Crippen LogP contribution in [-0.2, 0) is 19.2 Å². The lowest BCUT2D eigenvalue weighted by Crippen LogP contribution is -2.60. The molecule has 0 radical (unpaired) electrons. The summed E-state index contributed by atoms with van der Waals surface area (Å²) in [7, 11) is 0. The SMILES string of the molecule is O=C(ON1C(=O)CCC1=O)c1ccc(-c2ccc(O[C@H]3O[C@H](CO)[C@@H](O)[C@H](O)[C@@H]3O)cc2)cc1. The van der Waals surface area contributed by atoms with Crippen LogP contribution in [0.1, 0.15) is 23.2 Å². The van der Waals surface area contributed by atoms with Gasteiger partial charge < -0.3 is 34.7 Å². The van der Waals surface area contributed by atoms with Gasteiger partial charge in [0.25, 0.3) is 11.8 Å². The number of ether oxygens (including phenoxy) is 2. The Morgan fingerprint density at radius 1 is 0.882 bits per heavy atom. The second kappa shape index (κ2) is 9.87. The maximum atomic E-state index is 12.2. The number of benzene rings is 2. The highest BCUT2D eigenvalue weighted by Crippen LogP contribution is 2.27. The van der Waals surface area contributed by atoms with Gasteiger partial charge in [0.15, 0.2) is 0 Å². The topological polar surface area (TPSA) is 163 Å². The van der Waals surface area contributed by atoms with E-state index < -0.39 is 55.1 Å². The van der Waals surface area contributed by atoms with Crippen molar-refractivity contribution in [1.82, 2.24) is 5.06 Å². The van der Waals surface area contributed by atoms with E-state index in [4.69, 9.17) is 14.3 Å². The van der Waals surface area contributed by atoms with Crippen molar-refractivity contribution in [1.29, 1.82) is 0 Å². The predicted octanol–water partition coefficient (Wildman–Crippen LogP) is -0.247. The number of imide groups is 1. The van der Waals surface area contributed by atoms with Crippen molar-refractivity contribution >= 4 is 17.8 Å². The Balaban J connectivity index is 1.39. The molecule has 0 aromatic heterocycles. The van der Waals surface area contributed by atoms with Gasteiger partial charge in [-0.15, -0.1) is 5.06 Å². The zero-order valence-electron chi connectivity index (χ0n) is 17.8. The number of aliphatic hydroxyl groups excluding tert-OH is 4. The Labute approximate surface area is 193 Å². The third-order valence-electron chi connectivity index (χ3n) is 5.59. The second-order valence-corrected chi connectivity index (χ2v) is 7.88. The minimum Gasteiger partial charge on any atom is -0.462 e. The van der Waals surface area contributed by atoms with Gasteiger partial charge in [0.05, 0.1) is 12.2 Å². The molecule has 0 saturated carbocycles. The Bertz CT molecular complexity index is 1040. The highest BCUT2D eigenvalue weighted by atomic mass is 16.7. The molecule has 2 aliphatic rings. The highest BCUT2D eigenvalue weighted by molar-refractivity contribution is 6.02. The lowest BCUT2D eigenvalue weighted by molar-refractivity contribution is -0.277. The molecule has 5 atom stereocenters. The summed E-state index contributed by atoms with van der Waals surface area (Å²) < 4.78 is 10.9. The van der Waals surface area contributed by atoms with Crippen LogP contribution in [0.3, 0.4) is 0 Å². The number of carbonyl (C=O) groups is 3. The summed E-state index contributed by atoms with van der Waals surface area (Å²) in [6.45, 7) is -0.558. The molecule has 11 heteroatoms. The highest BCUT2D eigenvalue weighted by Gasteiger charge is 2.44. The minimum atomic E-state index is -1.54. The van der Waals surface area contributed by atoms with Crippen LogP contribution in [0, 0.1) is 0 Å². The molecule has 2 amide bonds. The van der Waals surface area contributed by atoms with E-state index >= 15 is 0 Å². The molecular formula is C23H23NO10. The van der Waals surface area contributed by atoms with Gasteiger partial charge in [-0.3, -0.25) is 9.59 Å². The van der Waals surface area contributed by atoms with E-state index in [2.05, 4.69) is 0 Å². The average Bonchev–Trinajstić information content (AvgIpc) is 3.17. The number of hydroxylamine groups is 2. The van der Waals surface area contributed by atoms with Crippen LogP contribution in [0.25, 0.3) is 11.1 Å². The van der Waals surface area contributed by atoms with Crippen molar-refractivity contribution < 1.29 is 49.1 Å². The predicted molar refractivity (Wildman–Crippen MR) is 113 cm³/mol. The molecule has 2 aliphatic heterocycles. The Kier molecular flexibility index (Phi) is 6.91. The van der Waals surface area contributed by atoms with Crippen molar-refractivity contribution in [3.63, 3.8) is 0 Å². The van der Waals surface area contributed by atoms with E-state index in [1.165, 1.54) is 12.1 Å². The first-order valence-electron chi connectivity index (χ1n) is 10.5.